The molecule has 1 saturated heterocycles. The maximum absolute atomic E-state index is 13.4. The lowest BCUT2D eigenvalue weighted by Crippen LogP contribution is -2.36. The molecule has 3 heterocycles. The van der Waals surface area contributed by atoms with Crippen molar-refractivity contribution in [1.29, 1.82) is 5.26 Å². The molecule has 4 rings (SSSR count). The molecular formula is C36H55ClFN4O8PS. The molecule has 1 saturated carbocycles. The van der Waals surface area contributed by atoms with Crippen LogP contribution in [0, 0.1) is 11.3 Å². The second-order valence-electron chi connectivity index (χ2n) is 14.2. The molecule has 2 aliphatic rings. The zero-order valence-electron chi connectivity index (χ0n) is 30.3. The summed E-state index contributed by atoms with van der Waals surface area (Å²) in [6.45, 7) is 1.43. The van der Waals surface area contributed by atoms with E-state index < -0.39 is 59.9 Å². The number of nitriles is 1. The van der Waals surface area contributed by atoms with E-state index in [1.165, 1.54) is 64.2 Å². The van der Waals surface area contributed by atoms with Crippen LogP contribution in [0.2, 0.25) is 5.15 Å². The smallest absolute Gasteiger partial charge is 0.346 e. The average molecular weight is 789 g/mol. The SMILES string of the molecule is CCCCCCCCCCCCCCCCC(=O)OCOP(=O)(O)CS(=O)(=O)C[C@@H]1CC[C@H](n2ccc3c(N[C@H]4C[C@@H](F)C4)c(C#N)c(Cl)nc32)O1. The molecule has 2 aromatic rings. The first kappa shape index (κ1) is 42.5. The van der Waals surface area contributed by atoms with Crippen molar-refractivity contribution >= 4 is 51.7 Å². The van der Waals surface area contributed by atoms with Gasteiger partial charge in [0.25, 0.3) is 0 Å². The fourth-order valence-corrected chi connectivity index (χ4v) is 10.8. The highest BCUT2D eigenvalue weighted by Gasteiger charge is 2.36. The zero-order valence-corrected chi connectivity index (χ0v) is 32.7. The van der Waals surface area contributed by atoms with Crippen LogP contribution < -0.4 is 5.32 Å². The second-order valence-corrected chi connectivity index (χ2v) is 19.0. The molecule has 1 aliphatic carbocycles. The van der Waals surface area contributed by atoms with Crippen LogP contribution in [0.4, 0.5) is 10.1 Å². The van der Waals surface area contributed by atoms with E-state index in [0.29, 0.717) is 48.8 Å². The number of rotatable bonds is 25. The maximum Gasteiger partial charge on any atom is 0.346 e. The lowest BCUT2D eigenvalue weighted by molar-refractivity contribution is -0.150. The van der Waals surface area contributed by atoms with Gasteiger partial charge in [-0.05, 0) is 38.2 Å². The molecular weight excluding hydrogens is 734 g/mol. The lowest BCUT2D eigenvalue weighted by atomic mass is 9.90. The number of ether oxygens (including phenoxy) is 2. The van der Waals surface area contributed by atoms with Gasteiger partial charge in [-0.15, -0.1) is 0 Å². The quantitative estimate of drug-likeness (QED) is 0.0323. The number of sulfone groups is 1. The second kappa shape index (κ2) is 21.0. The maximum atomic E-state index is 13.4. The van der Waals surface area contributed by atoms with E-state index in [-0.39, 0.29) is 23.2 Å². The summed E-state index contributed by atoms with van der Waals surface area (Å²) in [6.07, 6.45) is 17.8. The number of esters is 1. The van der Waals surface area contributed by atoms with Crippen molar-refractivity contribution in [1.82, 2.24) is 9.55 Å². The summed E-state index contributed by atoms with van der Waals surface area (Å²) in [5.74, 6) is -1.08. The normalized spacial score (nSPS) is 21.4. The van der Waals surface area contributed by atoms with Crippen LogP contribution in [0.3, 0.4) is 0 Å². The van der Waals surface area contributed by atoms with Gasteiger partial charge in [0.2, 0.25) is 6.79 Å². The monoisotopic (exact) mass is 788 g/mol. The van der Waals surface area contributed by atoms with Gasteiger partial charge in [0, 0.05) is 24.0 Å². The van der Waals surface area contributed by atoms with Gasteiger partial charge >= 0.3 is 13.6 Å². The van der Waals surface area contributed by atoms with E-state index >= 15 is 0 Å². The van der Waals surface area contributed by atoms with Gasteiger partial charge in [0.15, 0.2) is 20.5 Å². The Labute approximate surface area is 312 Å². The Balaban J connectivity index is 1.12. The van der Waals surface area contributed by atoms with Gasteiger partial charge in [-0.25, -0.2) is 17.8 Å². The summed E-state index contributed by atoms with van der Waals surface area (Å²) in [5, 5.41) is 13.5. The average Bonchev–Trinajstić information content (AvgIpc) is 3.69. The number of unbranched alkanes of at least 4 members (excludes halogenated alkanes) is 13. The van der Waals surface area contributed by atoms with E-state index in [9.17, 15) is 32.3 Å². The summed E-state index contributed by atoms with van der Waals surface area (Å²) in [5.41, 5.74) is -0.105. The Morgan fingerprint density at radius 1 is 1.10 bits per heavy atom. The molecule has 0 aromatic carbocycles. The third kappa shape index (κ3) is 13.5. The van der Waals surface area contributed by atoms with Gasteiger partial charge in [-0.2, -0.15) is 5.26 Å². The van der Waals surface area contributed by atoms with Gasteiger partial charge in [-0.1, -0.05) is 102 Å². The summed E-state index contributed by atoms with van der Waals surface area (Å²) in [7, 11) is -8.73. The van der Waals surface area contributed by atoms with E-state index in [1.54, 1.807) is 16.8 Å². The van der Waals surface area contributed by atoms with E-state index in [0.717, 1.165) is 19.3 Å². The molecule has 2 N–H and O–H groups in total. The fraction of sp³-hybridized carbons (Fsp3) is 0.750. The van der Waals surface area contributed by atoms with Crippen molar-refractivity contribution in [3.63, 3.8) is 0 Å². The van der Waals surface area contributed by atoms with Gasteiger partial charge in [0.05, 0.1) is 17.5 Å². The van der Waals surface area contributed by atoms with Crippen molar-refractivity contribution in [2.45, 2.75) is 153 Å². The fourth-order valence-electron chi connectivity index (χ4n) is 6.84. The summed E-state index contributed by atoms with van der Waals surface area (Å²) < 4.78 is 69.2. The van der Waals surface area contributed by atoms with E-state index in [4.69, 9.17) is 25.6 Å². The highest BCUT2D eigenvalue weighted by Crippen LogP contribution is 2.44. The van der Waals surface area contributed by atoms with Gasteiger partial charge in [0.1, 0.15) is 29.7 Å². The minimum absolute atomic E-state index is 0.0233. The van der Waals surface area contributed by atoms with Crippen molar-refractivity contribution in [2.24, 2.45) is 0 Å². The number of aromatic nitrogens is 2. The highest BCUT2D eigenvalue weighted by atomic mass is 35.5. The zero-order chi connectivity index (χ0) is 37.6. The highest BCUT2D eigenvalue weighted by molar-refractivity contribution is 7.97. The minimum atomic E-state index is -4.62. The number of anilines is 1. The molecule has 0 radical (unpaired) electrons. The third-order valence-electron chi connectivity index (χ3n) is 9.76. The van der Waals surface area contributed by atoms with Gasteiger partial charge in [-0.3, -0.25) is 13.9 Å². The summed E-state index contributed by atoms with van der Waals surface area (Å²) >= 11 is 6.35. The standard InChI is InChI=1S/C36H55ClFN4O8PS/c1-2-3-4-5-6-7-8-9-10-11-12-13-14-15-16-33(43)48-25-49-51(44,45)26-52(46,47)24-29-17-18-32(50-29)42-20-19-30-34(40-28-21-27(38)22-28)31(23-39)35(37)41-36(30)42/h19-20,27-29,32H,2-18,21-22,24-26H2,1H3,(H,40,41)(H,44,45)/t27-,28+,29-,32+/m0/s1. The van der Waals surface area contributed by atoms with E-state index in [1.807, 2.05) is 0 Å². The first-order valence-corrected chi connectivity index (χ1v) is 22.9. The Kier molecular flexibility index (Phi) is 17.1. The van der Waals surface area contributed by atoms with Crippen molar-refractivity contribution in [2.75, 3.05) is 23.4 Å². The largest absolute Gasteiger partial charge is 0.438 e. The molecule has 52 heavy (non-hydrogen) atoms. The number of nitrogens with one attached hydrogen (secondary N) is 1. The third-order valence-corrected chi connectivity index (χ3v) is 14.3. The van der Waals surface area contributed by atoms with Crippen molar-refractivity contribution in [3.05, 3.63) is 23.0 Å². The Morgan fingerprint density at radius 2 is 1.71 bits per heavy atom. The summed E-state index contributed by atoms with van der Waals surface area (Å²) in [6, 6.07) is 3.66. The van der Waals surface area contributed by atoms with Crippen molar-refractivity contribution in [3.8, 4) is 6.07 Å². The first-order valence-electron chi connectivity index (χ1n) is 18.9. The van der Waals surface area contributed by atoms with Crippen LogP contribution in [0.5, 0.6) is 0 Å². The molecule has 2 fully saturated rings. The van der Waals surface area contributed by atoms with E-state index in [2.05, 4.69) is 23.3 Å². The number of carbonyl (C=O) groups excluding carboxylic acids is 1. The van der Waals surface area contributed by atoms with Crippen LogP contribution in [0.1, 0.15) is 141 Å². The Hall–Kier alpha value is -2.27. The first-order chi connectivity index (χ1) is 24.9. The van der Waals surface area contributed by atoms with Crippen LogP contribution in [0.15, 0.2) is 12.3 Å². The van der Waals surface area contributed by atoms with Crippen molar-refractivity contribution < 1.29 is 41.1 Å². The number of fused-ring (bicyclic) bond motifs is 1. The number of alkyl halides is 1. The minimum Gasteiger partial charge on any atom is -0.438 e. The molecule has 2 aromatic heterocycles. The number of nitrogens with zero attached hydrogens (tertiary/aromatic N) is 3. The molecule has 16 heteroatoms. The molecule has 1 aliphatic heterocycles. The number of carbonyl (C=O) groups is 1. The molecule has 3 atom stereocenters. The predicted molar refractivity (Wildman–Crippen MR) is 200 cm³/mol. The Morgan fingerprint density at radius 3 is 2.31 bits per heavy atom. The Bertz CT molecular complexity index is 1650. The lowest BCUT2D eigenvalue weighted by Gasteiger charge is -2.31. The molecule has 0 amide bonds. The molecule has 12 nitrogen and oxygen atoms in total. The molecule has 1 unspecified atom stereocenters. The topological polar surface area (TPSA) is 170 Å². The number of hydrogen-bond acceptors (Lipinski definition) is 10. The predicted octanol–water partition coefficient (Wildman–Crippen LogP) is 9.10. The molecule has 292 valence electrons. The van der Waals surface area contributed by atoms with Crippen LogP contribution in [-0.2, 0) is 33.2 Å². The molecule has 0 spiro atoms. The van der Waals surface area contributed by atoms with Crippen LogP contribution in [0.25, 0.3) is 11.0 Å². The number of halogens is 2. The van der Waals surface area contributed by atoms with Crippen LogP contribution in [-0.4, -0.2) is 65.2 Å². The summed E-state index contributed by atoms with van der Waals surface area (Å²) in [4.78, 5) is 26.7. The van der Waals surface area contributed by atoms with Crippen LogP contribution >= 0.6 is 19.2 Å². The molecule has 0 bridgehead atoms. The number of pyridine rings is 1. The van der Waals surface area contributed by atoms with Gasteiger partial charge < -0.3 is 24.3 Å². The number of hydrogen-bond donors (Lipinski definition) is 2.